The van der Waals surface area contributed by atoms with Gasteiger partial charge in [0.25, 0.3) is 0 Å². The highest BCUT2D eigenvalue weighted by molar-refractivity contribution is 5.73. The van der Waals surface area contributed by atoms with Crippen molar-refractivity contribution in [2.24, 2.45) is 5.73 Å². The summed E-state index contributed by atoms with van der Waals surface area (Å²) in [6, 6.07) is 0.561. The van der Waals surface area contributed by atoms with Crippen LogP contribution in [0.4, 0.5) is 0 Å². The van der Waals surface area contributed by atoms with Crippen LogP contribution in [-0.4, -0.2) is 65.2 Å². The summed E-state index contributed by atoms with van der Waals surface area (Å²) in [6.45, 7) is 5.62. The molecule has 1 saturated heterocycles. The van der Waals surface area contributed by atoms with E-state index < -0.39 is 5.60 Å². The molecule has 0 spiro atoms. The van der Waals surface area contributed by atoms with E-state index >= 15 is 0 Å². The zero-order chi connectivity index (χ0) is 13.2. The fourth-order valence-electron chi connectivity index (χ4n) is 3.11. The van der Waals surface area contributed by atoms with Gasteiger partial charge < -0.3 is 15.7 Å². The molecular formula is C13H25N3O2. The van der Waals surface area contributed by atoms with Gasteiger partial charge in [0.1, 0.15) is 0 Å². The average Bonchev–Trinajstić information content (AvgIpc) is 2.40. The Bertz CT molecular complexity index is 293. The zero-order valence-corrected chi connectivity index (χ0v) is 11.3. The number of carbonyl (C=O) groups excluding carboxylic acids is 1. The number of nitrogens with two attached hydrogens (primary N) is 1. The summed E-state index contributed by atoms with van der Waals surface area (Å²) < 4.78 is 0. The standard InChI is InChI=1S/C13H25N3O2/c1-11(17)15-6-8-16(9-7-15)12-2-4-13(18,10-14)5-3-12/h12,18H,2-10,14H2,1H3. The summed E-state index contributed by atoms with van der Waals surface area (Å²) >= 11 is 0. The minimum atomic E-state index is -0.627. The van der Waals surface area contributed by atoms with Crippen LogP contribution in [-0.2, 0) is 4.79 Å². The third-order valence-electron chi connectivity index (χ3n) is 4.54. The Balaban J connectivity index is 1.80. The van der Waals surface area contributed by atoms with Gasteiger partial charge in [-0.05, 0) is 25.7 Å². The van der Waals surface area contributed by atoms with Gasteiger partial charge in [0.15, 0.2) is 0 Å². The highest BCUT2D eigenvalue weighted by Crippen LogP contribution is 2.30. The highest BCUT2D eigenvalue weighted by Gasteiger charge is 2.35. The summed E-state index contributed by atoms with van der Waals surface area (Å²) in [4.78, 5) is 15.6. The lowest BCUT2D eigenvalue weighted by atomic mass is 9.81. The Kier molecular flexibility index (Phi) is 4.25. The van der Waals surface area contributed by atoms with Gasteiger partial charge in [0, 0.05) is 45.7 Å². The van der Waals surface area contributed by atoms with Crippen LogP contribution >= 0.6 is 0 Å². The Labute approximate surface area is 109 Å². The Morgan fingerprint density at radius 2 is 1.83 bits per heavy atom. The molecule has 1 aliphatic carbocycles. The molecule has 0 aromatic carbocycles. The lowest BCUT2D eigenvalue weighted by Gasteiger charge is -2.43. The third-order valence-corrected chi connectivity index (χ3v) is 4.54. The summed E-state index contributed by atoms with van der Waals surface area (Å²) in [6.07, 6.45) is 3.66. The highest BCUT2D eigenvalue weighted by atomic mass is 16.3. The molecule has 1 saturated carbocycles. The third kappa shape index (κ3) is 3.02. The number of aliphatic hydroxyl groups is 1. The summed E-state index contributed by atoms with van der Waals surface area (Å²) in [7, 11) is 0. The van der Waals surface area contributed by atoms with Crippen LogP contribution in [0.15, 0.2) is 0 Å². The second kappa shape index (κ2) is 5.55. The van der Waals surface area contributed by atoms with Crippen LogP contribution < -0.4 is 5.73 Å². The first-order valence-electron chi connectivity index (χ1n) is 6.96. The molecule has 3 N–H and O–H groups in total. The quantitative estimate of drug-likeness (QED) is 0.716. The first kappa shape index (κ1) is 13.8. The van der Waals surface area contributed by atoms with Gasteiger partial charge in [-0.25, -0.2) is 0 Å². The van der Waals surface area contributed by atoms with E-state index in [0.29, 0.717) is 12.6 Å². The van der Waals surface area contributed by atoms with Crippen molar-refractivity contribution in [2.45, 2.75) is 44.2 Å². The molecule has 18 heavy (non-hydrogen) atoms. The Morgan fingerprint density at radius 1 is 1.28 bits per heavy atom. The van der Waals surface area contributed by atoms with Gasteiger partial charge in [-0.3, -0.25) is 9.69 Å². The summed E-state index contributed by atoms with van der Waals surface area (Å²) in [5.74, 6) is 0.177. The van der Waals surface area contributed by atoms with Crippen molar-refractivity contribution in [2.75, 3.05) is 32.7 Å². The van der Waals surface area contributed by atoms with Crippen LogP contribution in [0.25, 0.3) is 0 Å². The average molecular weight is 255 g/mol. The van der Waals surface area contributed by atoms with Crippen molar-refractivity contribution in [1.82, 2.24) is 9.80 Å². The number of piperazine rings is 1. The predicted octanol–water partition coefficient (Wildman–Crippen LogP) is -0.217. The number of nitrogens with zero attached hydrogens (tertiary/aromatic N) is 2. The maximum absolute atomic E-state index is 11.3. The number of carbonyl (C=O) groups is 1. The number of hydrogen-bond donors (Lipinski definition) is 2. The largest absolute Gasteiger partial charge is 0.389 e. The molecular weight excluding hydrogens is 230 g/mol. The predicted molar refractivity (Wildman–Crippen MR) is 70.1 cm³/mol. The van der Waals surface area contributed by atoms with Crippen molar-refractivity contribution in [1.29, 1.82) is 0 Å². The fourth-order valence-corrected chi connectivity index (χ4v) is 3.11. The zero-order valence-electron chi connectivity index (χ0n) is 11.3. The molecule has 1 amide bonds. The van der Waals surface area contributed by atoms with E-state index in [4.69, 9.17) is 5.73 Å². The topological polar surface area (TPSA) is 69.8 Å². The number of hydrogen-bond acceptors (Lipinski definition) is 4. The molecule has 5 nitrogen and oxygen atoms in total. The second-order valence-electron chi connectivity index (χ2n) is 5.70. The molecule has 0 radical (unpaired) electrons. The lowest BCUT2D eigenvalue weighted by Crippen LogP contribution is -2.54. The van der Waals surface area contributed by atoms with E-state index in [1.54, 1.807) is 6.92 Å². The summed E-state index contributed by atoms with van der Waals surface area (Å²) in [5.41, 5.74) is 4.98. The molecule has 0 unspecified atom stereocenters. The van der Waals surface area contributed by atoms with Crippen LogP contribution in [0.5, 0.6) is 0 Å². The monoisotopic (exact) mass is 255 g/mol. The van der Waals surface area contributed by atoms with Crippen LogP contribution in [0.2, 0.25) is 0 Å². The maximum Gasteiger partial charge on any atom is 0.219 e. The van der Waals surface area contributed by atoms with Crippen LogP contribution in [0.3, 0.4) is 0 Å². The Hall–Kier alpha value is -0.650. The molecule has 0 aromatic rings. The Morgan fingerprint density at radius 3 is 2.28 bits per heavy atom. The van der Waals surface area contributed by atoms with Crippen molar-refractivity contribution in [3.8, 4) is 0 Å². The van der Waals surface area contributed by atoms with Crippen molar-refractivity contribution in [3.05, 3.63) is 0 Å². The second-order valence-corrected chi connectivity index (χ2v) is 5.70. The SMILES string of the molecule is CC(=O)N1CCN(C2CCC(O)(CN)CC2)CC1. The molecule has 0 bridgehead atoms. The summed E-state index contributed by atoms with van der Waals surface area (Å²) in [5, 5.41) is 10.1. The van der Waals surface area contributed by atoms with E-state index in [-0.39, 0.29) is 5.91 Å². The minimum Gasteiger partial charge on any atom is -0.389 e. The first-order valence-corrected chi connectivity index (χ1v) is 6.96. The van der Waals surface area contributed by atoms with Crippen molar-refractivity contribution < 1.29 is 9.90 Å². The maximum atomic E-state index is 11.3. The number of rotatable bonds is 2. The van der Waals surface area contributed by atoms with Crippen molar-refractivity contribution in [3.63, 3.8) is 0 Å². The van der Waals surface area contributed by atoms with Crippen LogP contribution in [0, 0.1) is 0 Å². The minimum absolute atomic E-state index is 0.177. The first-order chi connectivity index (χ1) is 8.54. The van der Waals surface area contributed by atoms with Gasteiger partial charge in [-0.1, -0.05) is 0 Å². The van der Waals surface area contributed by atoms with E-state index in [0.717, 1.165) is 51.9 Å². The normalized spacial score (nSPS) is 34.6. The van der Waals surface area contributed by atoms with E-state index in [1.807, 2.05) is 4.90 Å². The molecule has 0 atom stereocenters. The van der Waals surface area contributed by atoms with Crippen LogP contribution in [0.1, 0.15) is 32.6 Å². The van der Waals surface area contributed by atoms with Gasteiger partial charge in [-0.2, -0.15) is 0 Å². The molecule has 1 heterocycles. The van der Waals surface area contributed by atoms with E-state index in [2.05, 4.69) is 4.90 Å². The molecule has 2 fully saturated rings. The van der Waals surface area contributed by atoms with E-state index in [1.165, 1.54) is 0 Å². The smallest absolute Gasteiger partial charge is 0.219 e. The van der Waals surface area contributed by atoms with Gasteiger partial charge in [0.2, 0.25) is 5.91 Å². The molecule has 1 aliphatic heterocycles. The molecule has 104 valence electrons. The van der Waals surface area contributed by atoms with Gasteiger partial charge >= 0.3 is 0 Å². The van der Waals surface area contributed by atoms with Crippen molar-refractivity contribution >= 4 is 5.91 Å². The molecule has 0 aromatic heterocycles. The molecule has 2 rings (SSSR count). The van der Waals surface area contributed by atoms with Gasteiger partial charge in [-0.15, -0.1) is 0 Å². The molecule has 5 heteroatoms. The molecule has 2 aliphatic rings. The lowest BCUT2D eigenvalue weighted by molar-refractivity contribution is -0.131. The van der Waals surface area contributed by atoms with Gasteiger partial charge in [0.05, 0.1) is 5.60 Å². The van der Waals surface area contributed by atoms with E-state index in [9.17, 15) is 9.90 Å². The number of amides is 1. The fraction of sp³-hybridized carbons (Fsp3) is 0.923.